The highest BCUT2D eigenvalue weighted by Gasteiger charge is 2.33. The van der Waals surface area contributed by atoms with Crippen LogP contribution in [0.3, 0.4) is 0 Å². The fourth-order valence-corrected chi connectivity index (χ4v) is 1.83. The Morgan fingerprint density at radius 2 is 1.81 bits per heavy atom. The molecule has 0 saturated heterocycles. The molecule has 0 heterocycles. The second-order valence-corrected chi connectivity index (χ2v) is 5.46. The third kappa shape index (κ3) is 2.25. The Morgan fingerprint density at radius 3 is 2.44 bits per heavy atom. The molecular weight excluding hydrogens is 294 g/mol. The summed E-state index contributed by atoms with van der Waals surface area (Å²) >= 11 is 7.76. The van der Waals surface area contributed by atoms with Crippen molar-refractivity contribution in [3.8, 4) is 0 Å². The lowest BCUT2D eigenvalue weighted by Gasteiger charge is -2.08. The average molecular weight is 302 g/mol. The maximum atomic E-state index is 13.2. The molecule has 2 aromatic rings. The standard InChI is InChI=1S/C12H7BrClFO/c13-12(14,15)11(16)10-6-5-8-3-1-2-4-9(8)7-10/h1-7H. The van der Waals surface area contributed by atoms with Gasteiger partial charge in [-0.15, -0.1) is 0 Å². The van der Waals surface area contributed by atoms with Crippen molar-refractivity contribution in [1.82, 2.24) is 0 Å². The zero-order valence-electron chi connectivity index (χ0n) is 8.08. The maximum absolute atomic E-state index is 13.2. The second kappa shape index (κ2) is 4.15. The summed E-state index contributed by atoms with van der Waals surface area (Å²) in [6.07, 6.45) is 0. The Kier molecular flexibility index (Phi) is 3.00. The number of alkyl halides is 3. The van der Waals surface area contributed by atoms with E-state index in [9.17, 15) is 9.18 Å². The number of halogens is 3. The van der Waals surface area contributed by atoms with Gasteiger partial charge in [0.1, 0.15) is 0 Å². The molecule has 82 valence electrons. The number of rotatable bonds is 2. The van der Waals surface area contributed by atoms with E-state index in [1.807, 2.05) is 24.3 Å². The van der Waals surface area contributed by atoms with Crippen LogP contribution in [-0.2, 0) is 0 Å². The van der Waals surface area contributed by atoms with Gasteiger partial charge in [0.05, 0.1) is 0 Å². The first-order valence-corrected chi connectivity index (χ1v) is 5.76. The van der Waals surface area contributed by atoms with Gasteiger partial charge in [-0.2, -0.15) is 0 Å². The third-order valence-electron chi connectivity index (χ3n) is 2.27. The lowest BCUT2D eigenvalue weighted by atomic mass is 10.0. The SMILES string of the molecule is O=C(c1ccc2ccccc2c1)C(F)(Cl)Br. The second-order valence-electron chi connectivity index (χ2n) is 3.39. The monoisotopic (exact) mass is 300 g/mol. The van der Waals surface area contributed by atoms with Crippen LogP contribution in [-0.4, -0.2) is 9.82 Å². The predicted molar refractivity (Wildman–Crippen MR) is 66.9 cm³/mol. The summed E-state index contributed by atoms with van der Waals surface area (Å²) in [6, 6.07) is 12.5. The molecule has 0 N–H and O–H groups in total. The zero-order chi connectivity index (χ0) is 11.8. The smallest absolute Gasteiger partial charge is 0.288 e. The Morgan fingerprint density at radius 1 is 1.19 bits per heavy atom. The first kappa shape index (κ1) is 11.6. The van der Waals surface area contributed by atoms with Gasteiger partial charge in [0.2, 0.25) is 5.78 Å². The van der Waals surface area contributed by atoms with E-state index in [0.717, 1.165) is 10.8 Å². The highest BCUT2D eigenvalue weighted by Crippen LogP contribution is 2.30. The number of hydrogen-bond donors (Lipinski definition) is 0. The van der Waals surface area contributed by atoms with Crippen molar-refractivity contribution in [3.63, 3.8) is 0 Å². The lowest BCUT2D eigenvalue weighted by Crippen LogP contribution is -2.19. The van der Waals surface area contributed by atoms with Gasteiger partial charge in [-0.25, -0.2) is 4.39 Å². The van der Waals surface area contributed by atoms with Crippen molar-refractivity contribution in [2.24, 2.45) is 0 Å². The van der Waals surface area contributed by atoms with Crippen molar-refractivity contribution < 1.29 is 9.18 Å². The van der Waals surface area contributed by atoms with Crippen LogP contribution in [0.25, 0.3) is 10.8 Å². The summed E-state index contributed by atoms with van der Waals surface area (Å²) in [5.74, 6) is -0.792. The van der Waals surface area contributed by atoms with E-state index >= 15 is 0 Å². The number of fused-ring (bicyclic) bond motifs is 1. The fourth-order valence-electron chi connectivity index (χ4n) is 1.49. The van der Waals surface area contributed by atoms with Crippen LogP contribution in [0, 0.1) is 0 Å². The molecule has 1 unspecified atom stereocenters. The van der Waals surface area contributed by atoms with E-state index in [0.29, 0.717) is 0 Å². The fraction of sp³-hybridized carbons (Fsp3) is 0.0833. The Bertz CT molecular complexity index is 548. The van der Waals surface area contributed by atoms with Gasteiger partial charge in [-0.05, 0) is 32.8 Å². The Labute approximate surface area is 105 Å². The molecule has 0 aliphatic carbocycles. The molecule has 0 aliphatic heterocycles. The minimum Gasteiger partial charge on any atom is -0.288 e. The molecule has 16 heavy (non-hydrogen) atoms. The summed E-state index contributed by atoms with van der Waals surface area (Å²) in [5.41, 5.74) is 0.244. The molecule has 0 bridgehead atoms. The van der Waals surface area contributed by atoms with Gasteiger partial charge in [0.25, 0.3) is 4.04 Å². The van der Waals surface area contributed by atoms with Crippen molar-refractivity contribution >= 4 is 44.1 Å². The molecule has 0 amide bonds. The Hall–Kier alpha value is -0.930. The minimum atomic E-state index is -2.53. The molecule has 0 fully saturated rings. The van der Waals surface area contributed by atoms with Gasteiger partial charge in [0, 0.05) is 5.56 Å². The van der Waals surface area contributed by atoms with Crippen LogP contribution < -0.4 is 0 Å². The molecule has 2 aromatic carbocycles. The summed E-state index contributed by atoms with van der Waals surface area (Å²) < 4.78 is 10.7. The molecule has 0 spiro atoms. The van der Waals surface area contributed by atoms with Crippen molar-refractivity contribution in [2.75, 3.05) is 0 Å². The highest BCUT2D eigenvalue weighted by atomic mass is 79.9. The third-order valence-corrected chi connectivity index (χ3v) is 2.80. The number of ketones is 1. The van der Waals surface area contributed by atoms with Crippen LogP contribution in [0.5, 0.6) is 0 Å². The maximum Gasteiger partial charge on any atom is 0.300 e. The van der Waals surface area contributed by atoms with Gasteiger partial charge >= 0.3 is 0 Å². The molecule has 1 nitrogen and oxygen atoms in total. The largest absolute Gasteiger partial charge is 0.300 e. The number of benzene rings is 2. The first-order valence-electron chi connectivity index (χ1n) is 4.59. The van der Waals surface area contributed by atoms with Crippen molar-refractivity contribution in [1.29, 1.82) is 0 Å². The number of carbonyl (C=O) groups is 1. The van der Waals surface area contributed by atoms with E-state index in [-0.39, 0.29) is 5.56 Å². The van der Waals surface area contributed by atoms with Gasteiger partial charge in [0.15, 0.2) is 0 Å². The number of Topliss-reactive ketones (excluding diaryl/α,β-unsaturated/α-hetero) is 1. The van der Waals surface area contributed by atoms with E-state index < -0.39 is 9.82 Å². The van der Waals surface area contributed by atoms with Gasteiger partial charge in [-0.3, -0.25) is 4.79 Å². The summed E-state index contributed by atoms with van der Waals surface area (Å²) in [4.78, 5) is 11.6. The van der Waals surface area contributed by atoms with Crippen LogP contribution in [0.4, 0.5) is 4.39 Å². The molecule has 1 atom stereocenters. The van der Waals surface area contributed by atoms with Gasteiger partial charge < -0.3 is 0 Å². The highest BCUT2D eigenvalue weighted by molar-refractivity contribution is 9.10. The molecule has 0 radical (unpaired) electrons. The number of carbonyl (C=O) groups excluding carboxylic acids is 1. The van der Waals surface area contributed by atoms with E-state index in [4.69, 9.17) is 11.6 Å². The molecule has 0 aliphatic rings. The molecule has 0 saturated carbocycles. The van der Waals surface area contributed by atoms with E-state index in [1.165, 1.54) is 0 Å². The normalized spacial score (nSPS) is 14.7. The summed E-state index contributed by atoms with van der Waals surface area (Å²) in [7, 11) is 0. The first-order chi connectivity index (χ1) is 7.48. The molecule has 4 heteroatoms. The topological polar surface area (TPSA) is 17.1 Å². The minimum absolute atomic E-state index is 0.244. The van der Waals surface area contributed by atoms with Crippen molar-refractivity contribution in [3.05, 3.63) is 48.0 Å². The van der Waals surface area contributed by atoms with Crippen molar-refractivity contribution in [2.45, 2.75) is 4.04 Å². The summed E-state index contributed by atoms with van der Waals surface area (Å²) in [5, 5.41) is 1.87. The van der Waals surface area contributed by atoms with Crippen LogP contribution in [0.2, 0.25) is 0 Å². The van der Waals surface area contributed by atoms with Crippen LogP contribution in [0.1, 0.15) is 10.4 Å². The predicted octanol–water partition coefficient (Wildman–Crippen LogP) is 4.28. The van der Waals surface area contributed by atoms with Crippen LogP contribution in [0.15, 0.2) is 42.5 Å². The summed E-state index contributed by atoms with van der Waals surface area (Å²) in [6.45, 7) is 0. The van der Waals surface area contributed by atoms with E-state index in [1.54, 1.807) is 18.2 Å². The molecule has 0 aromatic heterocycles. The zero-order valence-corrected chi connectivity index (χ0v) is 10.4. The van der Waals surface area contributed by atoms with E-state index in [2.05, 4.69) is 15.9 Å². The number of hydrogen-bond acceptors (Lipinski definition) is 1. The van der Waals surface area contributed by atoms with Gasteiger partial charge in [-0.1, -0.05) is 48.0 Å². The van der Waals surface area contributed by atoms with Crippen LogP contribution >= 0.6 is 27.5 Å². The lowest BCUT2D eigenvalue weighted by molar-refractivity contribution is 0.0917. The average Bonchev–Trinajstić information content (AvgIpc) is 2.26. The Balaban J connectivity index is 2.52. The molecular formula is C12H7BrClFO. The quantitative estimate of drug-likeness (QED) is 0.598. The molecule has 2 rings (SSSR count).